The number of hydrogen-bond acceptors (Lipinski definition) is 4. The maximum Gasteiger partial charge on any atom is 0.258 e. The molecular weight excluding hydrogens is 378 g/mol. The van der Waals surface area contributed by atoms with E-state index < -0.39 is 0 Å². The number of nitrogens with one attached hydrogen (secondary N) is 1. The molecule has 29 heavy (non-hydrogen) atoms. The van der Waals surface area contributed by atoms with Crippen LogP contribution in [0, 0.1) is 0 Å². The van der Waals surface area contributed by atoms with Gasteiger partial charge < -0.3 is 0 Å². The minimum atomic E-state index is -0.103. The van der Waals surface area contributed by atoms with Crippen LogP contribution in [-0.4, -0.2) is 22.3 Å². The van der Waals surface area contributed by atoms with Crippen LogP contribution in [-0.2, 0) is 19.5 Å². The lowest BCUT2D eigenvalue weighted by Crippen LogP contribution is -2.29. The summed E-state index contributed by atoms with van der Waals surface area (Å²) in [6.07, 6.45) is 0.919. The van der Waals surface area contributed by atoms with Crippen LogP contribution in [0.2, 0.25) is 0 Å². The highest BCUT2D eigenvalue weighted by Crippen LogP contribution is 2.30. The summed E-state index contributed by atoms with van der Waals surface area (Å²) in [6.45, 7) is 2.81. The van der Waals surface area contributed by atoms with Gasteiger partial charge in [0, 0.05) is 36.5 Å². The van der Waals surface area contributed by atoms with Crippen LogP contribution in [0.25, 0.3) is 10.8 Å². The summed E-state index contributed by atoms with van der Waals surface area (Å²) in [5.41, 5.74) is 3.12. The normalized spacial score (nSPS) is 13.9. The molecule has 144 valence electrons. The highest BCUT2D eigenvalue weighted by Gasteiger charge is 2.22. The Bertz CT molecular complexity index is 1160. The Labute approximate surface area is 173 Å². The molecule has 0 saturated heterocycles. The monoisotopic (exact) mass is 399 g/mol. The van der Waals surface area contributed by atoms with Gasteiger partial charge in [-0.05, 0) is 22.4 Å². The van der Waals surface area contributed by atoms with Crippen LogP contribution in [0.5, 0.6) is 0 Å². The summed E-state index contributed by atoms with van der Waals surface area (Å²) in [4.78, 5) is 21.3. The van der Waals surface area contributed by atoms with Crippen LogP contribution >= 0.6 is 11.3 Å². The number of rotatable bonds is 4. The van der Waals surface area contributed by atoms with Crippen molar-refractivity contribution >= 4 is 33.1 Å². The van der Waals surface area contributed by atoms with E-state index in [1.807, 2.05) is 48.5 Å². The average molecular weight is 400 g/mol. The van der Waals surface area contributed by atoms with E-state index in [0.29, 0.717) is 10.7 Å². The number of hydrogen-bond donors (Lipinski definition) is 1. The van der Waals surface area contributed by atoms with Crippen LogP contribution in [0.15, 0.2) is 72.8 Å². The Hall–Kier alpha value is -3.02. The van der Waals surface area contributed by atoms with Crippen molar-refractivity contribution in [1.29, 1.82) is 0 Å². The summed E-state index contributed by atoms with van der Waals surface area (Å²) in [6, 6.07) is 24.3. The molecule has 1 aromatic heterocycles. The van der Waals surface area contributed by atoms with E-state index in [0.717, 1.165) is 42.5 Å². The largest absolute Gasteiger partial charge is 0.298 e. The first kappa shape index (κ1) is 18.0. The number of anilines is 1. The van der Waals surface area contributed by atoms with E-state index in [2.05, 4.69) is 34.5 Å². The smallest absolute Gasteiger partial charge is 0.258 e. The molecule has 5 heteroatoms. The number of aromatic nitrogens is 1. The van der Waals surface area contributed by atoms with Gasteiger partial charge in [0.05, 0.1) is 5.69 Å². The fourth-order valence-corrected chi connectivity index (χ4v) is 4.91. The van der Waals surface area contributed by atoms with Gasteiger partial charge in [0.1, 0.15) is 0 Å². The topological polar surface area (TPSA) is 45.2 Å². The van der Waals surface area contributed by atoms with Gasteiger partial charge in [0.25, 0.3) is 5.91 Å². The summed E-state index contributed by atoms with van der Waals surface area (Å²) in [5.74, 6) is -0.103. The SMILES string of the molecule is O=C(Nc1nc2c(s1)CN(Cc1ccccc1)CC2)c1cccc2ccccc12. The highest BCUT2D eigenvalue weighted by atomic mass is 32.1. The Morgan fingerprint density at radius 1 is 1.00 bits per heavy atom. The lowest BCUT2D eigenvalue weighted by atomic mass is 10.0. The molecule has 2 heterocycles. The predicted molar refractivity (Wildman–Crippen MR) is 118 cm³/mol. The molecule has 0 saturated carbocycles. The number of carbonyl (C=O) groups excluding carboxylic acids is 1. The van der Waals surface area contributed by atoms with E-state index in [9.17, 15) is 4.79 Å². The molecule has 1 aliphatic heterocycles. The molecule has 5 rings (SSSR count). The van der Waals surface area contributed by atoms with E-state index in [4.69, 9.17) is 4.98 Å². The molecule has 4 nitrogen and oxygen atoms in total. The molecule has 3 aromatic carbocycles. The Kier molecular flexibility index (Phi) is 4.84. The zero-order chi connectivity index (χ0) is 19.6. The van der Waals surface area contributed by atoms with E-state index in [1.54, 1.807) is 11.3 Å². The summed E-state index contributed by atoms with van der Waals surface area (Å²) >= 11 is 1.59. The van der Waals surface area contributed by atoms with Crippen molar-refractivity contribution in [2.75, 3.05) is 11.9 Å². The van der Waals surface area contributed by atoms with Crippen molar-refractivity contribution in [2.45, 2.75) is 19.5 Å². The zero-order valence-corrected chi connectivity index (χ0v) is 16.8. The summed E-state index contributed by atoms with van der Waals surface area (Å²) < 4.78 is 0. The first-order chi connectivity index (χ1) is 14.3. The number of amides is 1. The van der Waals surface area contributed by atoms with Gasteiger partial charge in [-0.25, -0.2) is 4.98 Å². The van der Waals surface area contributed by atoms with Crippen molar-refractivity contribution in [3.63, 3.8) is 0 Å². The van der Waals surface area contributed by atoms with Gasteiger partial charge in [-0.3, -0.25) is 15.0 Å². The van der Waals surface area contributed by atoms with Gasteiger partial charge in [0.15, 0.2) is 5.13 Å². The van der Waals surface area contributed by atoms with E-state index >= 15 is 0 Å². The Morgan fingerprint density at radius 2 is 1.79 bits per heavy atom. The summed E-state index contributed by atoms with van der Waals surface area (Å²) in [7, 11) is 0. The van der Waals surface area contributed by atoms with Crippen molar-refractivity contribution in [2.24, 2.45) is 0 Å². The molecule has 0 atom stereocenters. The third-order valence-electron chi connectivity index (χ3n) is 5.31. The highest BCUT2D eigenvalue weighted by molar-refractivity contribution is 7.15. The van der Waals surface area contributed by atoms with Gasteiger partial charge in [-0.15, -0.1) is 11.3 Å². The molecule has 1 aliphatic rings. The molecule has 0 aliphatic carbocycles. The number of thiazole rings is 1. The fourth-order valence-electron chi connectivity index (χ4n) is 3.87. The zero-order valence-electron chi connectivity index (χ0n) is 16.0. The van der Waals surface area contributed by atoms with Crippen molar-refractivity contribution in [1.82, 2.24) is 9.88 Å². The standard InChI is InChI=1S/C24H21N3OS/c28-23(20-12-6-10-18-9-4-5-11-19(18)20)26-24-25-21-13-14-27(16-22(21)29-24)15-17-7-2-1-3-8-17/h1-12H,13-16H2,(H,25,26,28). The summed E-state index contributed by atoms with van der Waals surface area (Å²) in [5, 5.41) is 5.74. The molecule has 0 fully saturated rings. The second-order valence-corrected chi connectivity index (χ2v) is 8.40. The number of carbonyl (C=O) groups is 1. The molecule has 0 unspecified atom stereocenters. The minimum Gasteiger partial charge on any atom is -0.298 e. The van der Waals surface area contributed by atoms with Crippen LogP contribution in [0.4, 0.5) is 5.13 Å². The quantitative estimate of drug-likeness (QED) is 0.519. The van der Waals surface area contributed by atoms with Crippen molar-refractivity contribution in [3.05, 3.63) is 94.5 Å². The van der Waals surface area contributed by atoms with Gasteiger partial charge >= 0.3 is 0 Å². The number of nitrogens with zero attached hydrogens (tertiary/aromatic N) is 2. The van der Waals surface area contributed by atoms with E-state index in [-0.39, 0.29) is 5.91 Å². The molecule has 0 spiro atoms. The van der Waals surface area contributed by atoms with Crippen molar-refractivity contribution < 1.29 is 4.79 Å². The van der Waals surface area contributed by atoms with E-state index in [1.165, 1.54) is 10.4 Å². The van der Waals surface area contributed by atoms with Gasteiger partial charge in [0.2, 0.25) is 0 Å². The minimum absolute atomic E-state index is 0.103. The van der Waals surface area contributed by atoms with Crippen LogP contribution < -0.4 is 5.32 Å². The third-order valence-corrected chi connectivity index (χ3v) is 6.31. The Balaban J connectivity index is 1.32. The van der Waals surface area contributed by atoms with Gasteiger partial charge in [-0.2, -0.15) is 0 Å². The maximum atomic E-state index is 12.9. The average Bonchev–Trinajstić information content (AvgIpc) is 3.15. The van der Waals surface area contributed by atoms with Crippen LogP contribution in [0.1, 0.15) is 26.5 Å². The van der Waals surface area contributed by atoms with Crippen molar-refractivity contribution in [3.8, 4) is 0 Å². The first-order valence-electron chi connectivity index (χ1n) is 9.80. The number of fused-ring (bicyclic) bond motifs is 2. The molecule has 1 N–H and O–H groups in total. The second-order valence-electron chi connectivity index (χ2n) is 7.32. The Morgan fingerprint density at radius 3 is 2.69 bits per heavy atom. The number of benzene rings is 3. The molecular formula is C24H21N3OS. The first-order valence-corrected chi connectivity index (χ1v) is 10.6. The third kappa shape index (κ3) is 3.79. The molecule has 0 radical (unpaired) electrons. The molecule has 4 aromatic rings. The molecule has 1 amide bonds. The maximum absolute atomic E-state index is 12.9. The van der Waals surface area contributed by atoms with Crippen LogP contribution in [0.3, 0.4) is 0 Å². The second kappa shape index (κ2) is 7.78. The molecule has 0 bridgehead atoms. The fraction of sp³-hybridized carbons (Fsp3) is 0.167. The predicted octanol–water partition coefficient (Wildman–Crippen LogP) is 5.11. The lowest BCUT2D eigenvalue weighted by Gasteiger charge is -2.25. The van der Waals surface area contributed by atoms with Gasteiger partial charge in [-0.1, -0.05) is 66.7 Å². The lowest BCUT2D eigenvalue weighted by molar-refractivity contribution is 0.102.